The largest absolute Gasteiger partial charge is 0.490 e. The lowest BCUT2D eigenvalue weighted by Crippen LogP contribution is -2.08. The minimum atomic E-state index is -0.345. The number of amides is 1. The van der Waals surface area contributed by atoms with Crippen LogP contribution in [0.5, 0.6) is 11.5 Å². The Kier molecular flexibility index (Phi) is 6.49. The first-order chi connectivity index (χ1) is 15.0. The molecule has 1 aromatic heterocycles. The molecule has 1 aliphatic heterocycles. The Morgan fingerprint density at radius 2 is 1.87 bits per heavy atom. The van der Waals surface area contributed by atoms with E-state index in [1.165, 1.54) is 6.08 Å². The van der Waals surface area contributed by atoms with E-state index in [2.05, 4.69) is 10.4 Å². The summed E-state index contributed by atoms with van der Waals surface area (Å²) in [6.07, 6.45) is 3.84. The van der Waals surface area contributed by atoms with Crippen LogP contribution in [0.1, 0.15) is 23.2 Å². The predicted octanol–water partition coefficient (Wildman–Crippen LogP) is 5.36. The zero-order chi connectivity index (χ0) is 21.8. The summed E-state index contributed by atoms with van der Waals surface area (Å²) in [5.74, 6) is 0.786. The van der Waals surface area contributed by atoms with Gasteiger partial charge in [0.1, 0.15) is 5.15 Å². The molecule has 1 aliphatic rings. The summed E-state index contributed by atoms with van der Waals surface area (Å²) >= 11 is 12.8. The number of nitrogens with one attached hydrogen (secondary N) is 1. The third kappa shape index (κ3) is 5.03. The Bertz CT molecular complexity index is 1130. The van der Waals surface area contributed by atoms with Crippen molar-refractivity contribution in [2.75, 3.05) is 18.5 Å². The number of halogens is 2. The summed E-state index contributed by atoms with van der Waals surface area (Å²) in [6, 6.07) is 13.2. The SMILES string of the molecule is Cc1nn(Cc2ccccc2)c(Cl)c1/C=C/C(=O)Nc1cc2c(cc1Cl)OCCCO2. The fourth-order valence-electron chi connectivity index (χ4n) is 3.23. The highest BCUT2D eigenvalue weighted by Gasteiger charge is 2.16. The molecule has 0 bridgehead atoms. The molecule has 0 radical (unpaired) electrons. The van der Waals surface area contributed by atoms with Gasteiger partial charge < -0.3 is 14.8 Å². The normalized spacial score (nSPS) is 13.3. The van der Waals surface area contributed by atoms with E-state index in [9.17, 15) is 4.79 Å². The summed E-state index contributed by atoms with van der Waals surface area (Å²) in [5.41, 5.74) is 2.96. The highest BCUT2D eigenvalue weighted by Crippen LogP contribution is 2.37. The van der Waals surface area contributed by atoms with Crippen LogP contribution >= 0.6 is 23.2 Å². The first-order valence-corrected chi connectivity index (χ1v) is 10.6. The van der Waals surface area contributed by atoms with Gasteiger partial charge in [-0.3, -0.25) is 4.79 Å². The zero-order valence-electron chi connectivity index (χ0n) is 16.9. The van der Waals surface area contributed by atoms with Gasteiger partial charge in [-0.25, -0.2) is 4.68 Å². The Morgan fingerprint density at radius 1 is 1.16 bits per heavy atom. The molecule has 8 heteroatoms. The van der Waals surface area contributed by atoms with Gasteiger partial charge in [0.15, 0.2) is 11.5 Å². The highest BCUT2D eigenvalue weighted by molar-refractivity contribution is 6.34. The number of hydrogen-bond acceptors (Lipinski definition) is 4. The van der Waals surface area contributed by atoms with Crippen molar-refractivity contribution in [1.29, 1.82) is 0 Å². The van der Waals surface area contributed by atoms with E-state index in [1.54, 1.807) is 22.9 Å². The lowest BCUT2D eigenvalue weighted by Gasteiger charge is -2.11. The molecule has 6 nitrogen and oxygen atoms in total. The first kappa shape index (κ1) is 21.3. The van der Waals surface area contributed by atoms with Crippen molar-refractivity contribution < 1.29 is 14.3 Å². The number of aromatic nitrogens is 2. The number of carbonyl (C=O) groups excluding carboxylic acids is 1. The third-order valence-electron chi connectivity index (χ3n) is 4.78. The maximum atomic E-state index is 12.5. The molecule has 160 valence electrons. The van der Waals surface area contributed by atoms with E-state index in [4.69, 9.17) is 32.7 Å². The van der Waals surface area contributed by atoms with Crippen LogP contribution in [0.15, 0.2) is 48.5 Å². The molecule has 0 aliphatic carbocycles. The van der Waals surface area contributed by atoms with Crippen LogP contribution in [0.3, 0.4) is 0 Å². The molecule has 31 heavy (non-hydrogen) atoms. The first-order valence-electron chi connectivity index (χ1n) is 9.86. The second-order valence-electron chi connectivity index (χ2n) is 7.08. The van der Waals surface area contributed by atoms with Crippen LogP contribution in [-0.4, -0.2) is 28.9 Å². The summed E-state index contributed by atoms with van der Waals surface area (Å²) < 4.78 is 13.0. The van der Waals surface area contributed by atoms with Crippen molar-refractivity contribution in [1.82, 2.24) is 9.78 Å². The molecule has 0 saturated heterocycles. The lowest BCUT2D eigenvalue weighted by atomic mass is 10.2. The van der Waals surface area contributed by atoms with Gasteiger partial charge in [-0.05, 0) is 18.6 Å². The molecule has 2 heterocycles. The third-order valence-corrected chi connectivity index (χ3v) is 5.49. The van der Waals surface area contributed by atoms with Crippen LogP contribution in [0.25, 0.3) is 6.08 Å². The fraction of sp³-hybridized carbons (Fsp3) is 0.217. The van der Waals surface area contributed by atoms with Crippen molar-refractivity contribution in [3.63, 3.8) is 0 Å². The number of ether oxygens (including phenoxy) is 2. The van der Waals surface area contributed by atoms with Gasteiger partial charge in [-0.2, -0.15) is 5.10 Å². The van der Waals surface area contributed by atoms with Crippen molar-refractivity contribution in [3.05, 3.63) is 75.5 Å². The van der Waals surface area contributed by atoms with Gasteiger partial charge in [-0.15, -0.1) is 0 Å². The second kappa shape index (κ2) is 9.45. The van der Waals surface area contributed by atoms with Crippen LogP contribution in [0.2, 0.25) is 10.2 Å². The highest BCUT2D eigenvalue weighted by atomic mass is 35.5. The van der Waals surface area contributed by atoms with Crippen molar-refractivity contribution in [2.45, 2.75) is 19.9 Å². The molecule has 0 atom stereocenters. The van der Waals surface area contributed by atoms with Crippen LogP contribution in [-0.2, 0) is 11.3 Å². The van der Waals surface area contributed by atoms with Gasteiger partial charge in [0.2, 0.25) is 5.91 Å². The maximum absolute atomic E-state index is 12.5. The number of rotatable bonds is 5. The van der Waals surface area contributed by atoms with Crippen LogP contribution in [0.4, 0.5) is 5.69 Å². The molecule has 0 fully saturated rings. The number of hydrogen-bond donors (Lipinski definition) is 1. The van der Waals surface area contributed by atoms with Gasteiger partial charge in [-0.1, -0.05) is 53.5 Å². The average molecular weight is 458 g/mol. The number of aryl methyl sites for hydroxylation is 1. The van der Waals surface area contributed by atoms with Gasteiger partial charge in [0, 0.05) is 30.2 Å². The molecule has 4 rings (SSSR count). The molecule has 3 aromatic rings. The van der Waals surface area contributed by atoms with E-state index in [0.29, 0.717) is 52.7 Å². The summed E-state index contributed by atoms with van der Waals surface area (Å²) in [6.45, 7) is 3.52. The number of anilines is 1. The molecule has 0 spiro atoms. The van der Waals surface area contributed by atoms with Crippen molar-refractivity contribution in [2.24, 2.45) is 0 Å². The summed E-state index contributed by atoms with van der Waals surface area (Å²) in [5, 5.41) is 8.10. The average Bonchev–Trinajstić information content (AvgIpc) is 2.90. The van der Waals surface area contributed by atoms with E-state index in [-0.39, 0.29) is 5.91 Å². The van der Waals surface area contributed by atoms with Crippen LogP contribution in [0, 0.1) is 6.92 Å². The van der Waals surface area contributed by atoms with Crippen molar-refractivity contribution in [3.8, 4) is 11.5 Å². The number of nitrogens with zero attached hydrogens (tertiary/aromatic N) is 2. The molecule has 1 N–H and O–H groups in total. The Balaban J connectivity index is 1.48. The predicted molar refractivity (Wildman–Crippen MR) is 122 cm³/mol. The second-order valence-corrected chi connectivity index (χ2v) is 7.85. The van der Waals surface area contributed by atoms with E-state index in [1.807, 2.05) is 37.3 Å². The molecule has 0 unspecified atom stereocenters. The van der Waals surface area contributed by atoms with Crippen molar-refractivity contribution >= 4 is 40.9 Å². The molecule has 0 saturated carbocycles. The summed E-state index contributed by atoms with van der Waals surface area (Å²) in [7, 11) is 0. The van der Waals surface area contributed by atoms with E-state index in [0.717, 1.165) is 17.7 Å². The quantitative estimate of drug-likeness (QED) is 0.523. The van der Waals surface area contributed by atoms with Gasteiger partial charge >= 0.3 is 0 Å². The molecular formula is C23H21Cl2N3O3. The standard InChI is InChI=1S/C23H21Cl2N3O3/c1-15-17(23(25)28(27-15)14-16-6-3-2-4-7-16)8-9-22(29)26-19-13-21-20(12-18(19)24)30-10-5-11-31-21/h2-4,6-9,12-13H,5,10-11,14H2,1H3,(H,26,29)/b9-8+. The smallest absolute Gasteiger partial charge is 0.248 e. The van der Waals surface area contributed by atoms with Gasteiger partial charge in [0.05, 0.1) is 36.2 Å². The van der Waals surface area contributed by atoms with E-state index < -0.39 is 0 Å². The molecule has 1 amide bonds. The Hall–Kier alpha value is -2.96. The van der Waals surface area contributed by atoms with E-state index >= 15 is 0 Å². The summed E-state index contributed by atoms with van der Waals surface area (Å²) in [4.78, 5) is 12.5. The Morgan fingerprint density at radius 3 is 2.61 bits per heavy atom. The molecule has 2 aromatic carbocycles. The van der Waals surface area contributed by atoms with Gasteiger partial charge in [0.25, 0.3) is 0 Å². The lowest BCUT2D eigenvalue weighted by molar-refractivity contribution is -0.111. The Labute approximate surface area is 190 Å². The number of fused-ring (bicyclic) bond motifs is 1. The monoisotopic (exact) mass is 457 g/mol. The van der Waals surface area contributed by atoms with Crippen LogP contribution < -0.4 is 14.8 Å². The fourth-order valence-corrected chi connectivity index (χ4v) is 3.73. The minimum absolute atomic E-state index is 0.345. The number of carbonyl (C=O) groups is 1. The topological polar surface area (TPSA) is 65.4 Å². The minimum Gasteiger partial charge on any atom is -0.490 e. The maximum Gasteiger partial charge on any atom is 0.248 e. The molecular weight excluding hydrogens is 437 g/mol. The number of benzene rings is 2. The zero-order valence-corrected chi connectivity index (χ0v) is 18.4.